The average molecular weight is 411 g/mol. The predicted octanol–water partition coefficient (Wildman–Crippen LogP) is 7.16. The van der Waals surface area contributed by atoms with E-state index in [0.29, 0.717) is 27.6 Å². The number of benzene rings is 1. The molecule has 0 spiro atoms. The van der Waals surface area contributed by atoms with Crippen LogP contribution in [0.5, 0.6) is 0 Å². The number of rotatable bonds is 6. The van der Waals surface area contributed by atoms with Crippen LogP contribution in [0.1, 0.15) is 33.3 Å². The first-order valence-electron chi connectivity index (χ1n) is 8.46. The third-order valence-electron chi connectivity index (χ3n) is 3.40. The van der Waals surface area contributed by atoms with E-state index in [0.717, 1.165) is 12.1 Å². The maximum absolute atomic E-state index is 12.9. The number of thioether (sulfide) groups is 1. The van der Waals surface area contributed by atoms with Crippen molar-refractivity contribution in [2.45, 2.75) is 33.9 Å². The van der Waals surface area contributed by atoms with Crippen LogP contribution in [0.4, 0.5) is 18.9 Å². The van der Waals surface area contributed by atoms with E-state index < -0.39 is 11.7 Å². The summed E-state index contributed by atoms with van der Waals surface area (Å²) < 4.78 is 38.6. The molecule has 0 aromatic heterocycles. The van der Waals surface area contributed by atoms with Crippen LogP contribution in [-0.4, -0.2) is 14.1 Å². The Labute approximate surface area is 169 Å². The van der Waals surface area contributed by atoms with Crippen molar-refractivity contribution in [3.05, 3.63) is 63.7 Å². The van der Waals surface area contributed by atoms with Crippen molar-refractivity contribution in [1.29, 1.82) is 5.26 Å². The molecule has 4 nitrogen and oxygen atoms in total. The molecule has 0 atom stereocenters. The summed E-state index contributed by atoms with van der Waals surface area (Å²) in [6.07, 6.45) is -4.40. The van der Waals surface area contributed by atoms with E-state index in [1.54, 1.807) is 37.3 Å². The summed E-state index contributed by atoms with van der Waals surface area (Å²) in [7, 11) is 3.14. The molecule has 0 aliphatic heterocycles. The molecule has 8 heteroatoms. The second-order valence-corrected chi connectivity index (χ2v) is 6.25. The lowest BCUT2D eigenvalue weighted by atomic mass is 10.1. The Bertz CT molecular complexity index is 802. The molecule has 28 heavy (non-hydrogen) atoms. The summed E-state index contributed by atoms with van der Waals surface area (Å²) in [5.74, 6) is 0. The van der Waals surface area contributed by atoms with Gasteiger partial charge in [0.05, 0.1) is 22.2 Å². The molecule has 0 bridgehead atoms. The highest BCUT2D eigenvalue weighted by Gasteiger charge is 2.30. The van der Waals surface area contributed by atoms with E-state index in [2.05, 4.69) is 16.8 Å². The minimum Gasteiger partial charge on any atom is -0.340 e. The summed E-state index contributed by atoms with van der Waals surface area (Å²) in [4.78, 5) is 1.56. The molecular weight excluding hydrogens is 385 g/mol. The SMILES string of the molecule is C=C(S/C=C(C)/C(N=NC)=C(/C)C#N)N(C)c1cccc(C(F)(F)F)c1.CC. The number of halogens is 3. The normalized spacial score (nSPS) is 12.6. The van der Waals surface area contributed by atoms with E-state index in [4.69, 9.17) is 5.26 Å². The van der Waals surface area contributed by atoms with Crippen LogP contribution in [0.2, 0.25) is 0 Å². The molecule has 1 aromatic rings. The lowest BCUT2D eigenvalue weighted by molar-refractivity contribution is -0.137. The first-order valence-corrected chi connectivity index (χ1v) is 9.34. The lowest BCUT2D eigenvalue weighted by Gasteiger charge is -2.21. The molecule has 0 saturated heterocycles. The molecule has 0 radical (unpaired) electrons. The average Bonchev–Trinajstić information content (AvgIpc) is 2.69. The van der Waals surface area contributed by atoms with Crippen molar-refractivity contribution in [2.75, 3.05) is 19.0 Å². The number of nitrogens with zero attached hydrogens (tertiary/aromatic N) is 4. The Morgan fingerprint density at radius 3 is 2.39 bits per heavy atom. The van der Waals surface area contributed by atoms with Crippen LogP contribution in [0.25, 0.3) is 0 Å². The topological polar surface area (TPSA) is 51.8 Å². The molecule has 0 saturated carbocycles. The van der Waals surface area contributed by atoms with Crippen molar-refractivity contribution in [1.82, 2.24) is 0 Å². The van der Waals surface area contributed by atoms with Gasteiger partial charge in [-0.15, -0.1) is 0 Å². The summed E-state index contributed by atoms with van der Waals surface area (Å²) >= 11 is 1.23. The third kappa shape index (κ3) is 7.61. The fourth-order valence-electron chi connectivity index (χ4n) is 1.93. The summed E-state index contributed by atoms with van der Waals surface area (Å²) in [6.45, 7) is 11.3. The lowest BCUT2D eigenvalue weighted by Crippen LogP contribution is -2.14. The summed E-state index contributed by atoms with van der Waals surface area (Å²) in [6, 6.07) is 7.05. The second-order valence-electron chi connectivity index (χ2n) is 5.30. The minimum atomic E-state index is -4.40. The van der Waals surface area contributed by atoms with Gasteiger partial charge in [0, 0.05) is 19.8 Å². The van der Waals surface area contributed by atoms with Crippen molar-refractivity contribution in [2.24, 2.45) is 10.2 Å². The summed E-state index contributed by atoms with van der Waals surface area (Å²) in [5.41, 5.74) is 1.24. The molecule has 0 fully saturated rings. The molecule has 1 rings (SSSR count). The van der Waals surface area contributed by atoms with E-state index in [1.807, 2.05) is 19.9 Å². The van der Waals surface area contributed by atoms with E-state index in [9.17, 15) is 13.2 Å². The zero-order valence-corrected chi connectivity index (χ0v) is 17.7. The molecule has 0 unspecified atom stereocenters. The minimum absolute atomic E-state index is 0.376. The van der Waals surface area contributed by atoms with Crippen molar-refractivity contribution in [3.63, 3.8) is 0 Å². The first-order chi connectivity index (χ1) is 13.1. The number of allylic oxidation sites excluding steroid dienone is 2. The Morgan fingerprint density at radius 2 is 1.89 bits per heavy atom. The van der Waals surface area contributed by atoms with Crippen molar-refractivity contribution in [3.8, 4) is 6.07 Å². The number of alkyl halides is 3. The zero-order chi connectivity index (χ0) is 21.9. The van der Waals surface area contributed by atoms with Crippen LogP contribution in [0.15, 0.2) is 68.4 Å². The number of anilines is 1. The Morgan fingerprint density at radius 1 is 1.29 bits per heavy atom. The van der Waals surface area contributed by atoms with Gasteiger partial charge in [-0.3, -0.25) is 0 Å². The number of nitriles is 1. The highest BCUT2D eigenvalue weighted by atomic mass is 32.2. The molecule has 0 N–H and O–H groups in total. The quantitative estimate of drug-likeness (QED) is 0.284. The third-order valence-corrected chi connectivity index (χ3v) is 4.42. The Balaban J connectivity index is 0.00000352. The van der Waals surface area contributed by atoms with Gasteiger partial charge in [0.25, 0.3) is 0 Å². The molecule has 1 aromatic carbocycles. The standard InChI is InChI=1S/C18H19F3N4S.C2H6/c1-12(10-22)17(24-23-4)13(2)11-26-14(3)25(5)16-8-6-7-15(9-16)18(19,20)21;1-2/h6-9,11H,3H2,1-2,4-5H3;1-2H3/b13-11+,17-12+,24-23?;. The Hall–Kier alpha value is -2.53. The van der Waals surface area contributed by atoms with Gasteiger partial charge >= 0.3 is 6.18 Å². The van der Waals surface area contributed by atoms with Crippen molar-refractivity contribution < 1.29 is 13.2 Å². The van der Waals surface area contributed by atoms with Gasteiger partial charge in [0.15, 0.2) is 0 Å². The zero-order valence-electron chi connectivity index (χ0n) is 16.9. The van der Waals surface area contributed by atoms with Gasteiger partial charge < -0.3 is 4.90 Å². The van der Waals surface area contributed by atoms with Crippen molar-refractivity contribution >= 4 is 17.4 Å². The number of hydrogen-bond donors (Lipinski definition) is 0. The van der Waals surface area contributed by atoms with E-state index >= 15 is 0 Å². The molecule has 152 valence electrons. The predicted molar refractivity (Wildman–Crippen MR) is 111 cm³/mol. The van der Waals surface area contributed by atoms with Crippen LogP contribution in [0, 0.1) is 11.3 Å². The molecule has 0 aliphatic rings. The number of hydrogen-bond acceptors (Lipinski definition) is 5. The first kappa shape index (κ1) is 25.5. The number of azo groups is 1. The van der Waals surface area contributed by atoms with Crippen LogP contribution < -0.4 is 4.90 Å². The monoisotopic (exact) mass is 410 g/mol. The van der Waals surface area contributed by atoms with Gasteiger partial charge in [0.2, 0.25) is 0 Å². The molecule has 0 amide bonds. The Kier molecular flexibility index (Phi) is 10.9. The van der Waals surface area contributed by atoms with E-state index in [1.165, 1.54) is 24.9 Å². The highest BCUT2D eigenvalue weighted by molar-refractivity contribution is 8.05. The van der Waals surface area contributed by atoms with Crippen LogP contribution >= 0.6 is 11.8 Å². The van der Waals surface area contributed by atoms with Gasteiger partial charge in [-0.1, -0.05) is 38.3 Å². The largest absolute Gasteiger partial charge is 0.416 e. The maximum Gasteiger partial charge on any atom is 0.416 e. The molecule has 0 aliphatic carbocycles. The highest BCUT2D eigenvalue weighted by Crippen LogP contribution is 2.33. The van der Waals surface area contributed by atoms with E-state index in [-0.39, 0.29) is 0 Å². The smallest absolute Gasteiger partial charge is 0.340 e. The fourth-order valence-corrected chi connectivity index (χ4v) is 2.62. The van der Waals surface area contributed by atoms with Gasteiger partial charge in [0.1, 0.15) is 5.70 Å². The second kappa shape index (κ2) is 12.0. The fraction of sp³-hybridized carbons (Fsp3) is 0.350. The van der Waals surface area contributed by atoms with Gasteiger partial charge in [-0.05, 0) is 43.0 Å². The van der Waals surface area contributed by atoms with Gasteiger partial charge in [-0.25, -0.2) is 0 Å². The van der Waals surface area contributed by atoms with Gasteiger partial charge in [-0.2, -0.15) is 28.7 Å². The van der Waals surface area contributed by atoms with Crippen LogP contribution in [-0.2, 0) is 6.18 Å². The van der Waals surface area contributed by atoms with Crippen LogP contribution in [0.3, 0.4) is 0 Å². The maximum atomic E-state index is 12.9. The molecule has 0 heterocycles. The molecular formula is C20H25F3N4S. The summed E-state index contributed by atoms with van der Waals surface area (Å²) in [5, 5.41) is 18.9.